The van der Waals surface area contributed by atoms with E-state index in [4.69, 9.17) is 4.74 Å². The van der Waals surface area contributed by atoms with Gasteiger partial charge in [-0.15, -0.1) is 0 Å². The van der Waals surface area contributed by atoms with Gasteiger partial charge in [0, 0.05) is 17.7 Å². The van der Waals surface area contributed by atoms with Crippen LogP contribution in [0.2, 0.25) is 0 Å². The van der Waals surface area contributed by atoms with E-state index in [2.05, 4.69) is 31.2 Å². The normalized spacial score (nSPS) is 25.1. The van der Waals surface area contributed by atoms with Crippen LogP contribution in [0.1, 0.15) is 83.5 Å². The Labute approximate surface area is 187 Å². The second kappa shape index (κ2) is 10.2. The first-order valence-corrected chi connectivity index (χ1v) is 12.0. The van der Waals surface area contributed by atoms with Crippen LogP contribution in [0.5, 0.6) is 5.88 Å². The molecule has 2 saturated carbocycles. The minimum atomic E-state index is -0.378. The van der Waals surface area contributed by atoms with Crippen LogP contribution in [0.3, 0.4) is 0 Å². The summed E-state index contributed by atoms with van der Waals surface area (Å²) in [7, 11) is 0. The molecule has 2 aliphatic rings. The van der Waals surface area contributed by atoms with Crippen LogP contribution >= 0.6 is 0 Å². The lowest BCUT2D eigenvalue weighted by molar-refractivity contribution is 0.0849. The fourth-order valence-corrected chi connectivity index (χ4v) is 4.92. The first kappa shape index (κ1) is 23.8. The predicted molar refractivity (Wildman–Crippen MR) is 124 cm³/mol. The van der Waals surface area contributed by atoms with E-state index in [1.54, 1.807) is 17.1 Å². The minimum Gasteiger partial charge on any atom is -0.477 e. The first-order chi connectivity index (χ1) is 14.7. The van der Waals surface area contributed by atoms with Crippen molar-refractivity contribution in [3.8, 4) is 5.88 Å². The van der Waals surface area contributed by atoms with Crippen LogP contribution in [0.4, 0.5) is 0 Å². The molecule has 1 aromatic rings. The molecule has 2 aliphatic carbocycles. The van der Waals surface area contributed by atoms with Crippen molar-refractivity contribution in [2.24, 2.45) is 29.1 Å². The number of ether oxygens (including phenoxy) is 1. The quantitative estimate of drug-likeness (QED) is 0.592. The number of carbonyl (C=O) groups is 1. The topological polar surface area (TPSA) is 76.4 Å². The van der Waals surface area contributed by atoms with Gasteiger partial charge in [-0.2, -0.15) is 5.10 Å². The summed E-state index contributed by atoms with van der Waals surface area (Å²) in [5.74, 6) is 2.90. The maximum Gasteiger partial charge on any atom is 0.258 e. The van der Waals surface area contributed by atoms with Gasteiger partial charge in [0.05, 0.1) is 19.4 Å². The Hall–Kier alpha value is -1.82. The Kier molecular flexibility index (Phi) is 7.84. The average Bonchev–Trinajstić information content (AvgIpc) is 3.13. The van der Waals surface area contributed by atoms with Crippen molar-refractivity contribution in [1.82, 2.24) is 15.1 Å². The van der Waals surface area contributed by atoms with Gasteiger partial charge in [-0.3, -0.25) is 4.79 Å². The third kappa shape index (κ3) is 6.34. The molecule has 1 aromatic heterocycles. The maximum absolute atomic E-state index is 13.2. The SMILES string of the molecule is CC(C)COc1c(C(=O)NC(C)C2CC3CCCC(C3)C2)cnn1/C=C/C(C)(C)CO. The largest absolute Gasteiger partial charge is 0.477 e. The number of nitrogens with zero attached hydrogens (tertiary/aromatic N) is 2. The van der Waals surface area contributed by atoms with Gasteiger partial charge in [-0.05, 0) is 49.9 Å². The van der Waals surface area contributed by atoms with Gasteiger partial charge < -0.3 is 15.2 Å². The molecule has 0 spiro atoms. The minimum absolute atomic E-state index is 0.0290. The van der Waals surface area contributed by atoms with Crippen molar-refractivity contribution < 1.29 is 14.6 Å². The van der Waals surface area contributed by atoms with E-state index in [0.717, 1.165) is 11.8 Å². The summed E-state index contributed by atoms with van der Waals surface area (Å²) < 4.78 is 7.60. The summed E-state index contributed by atoms with van der Waals surface area (Å²) in [6, 6.07) is 0.140. The van der Waals surface area contributed by atoms with Gasteiger partial charge in [0.2, 0.25) is 5.88 Å². The molecule has 3 atom stereocenters. The molecule has 2 N–H and O–H groups in total. The van der Waals surface area contributed by atoms with Crippen LogP contribution < -0.4 is 10.1 Å². The molecule has 3 unspecified atom stereocenters. The summed E-state index contributed by atoms with van der Waals surface area (Å²) in [5, 5.41) is 17.1. The fourth-order valence-electron chi connectivity index (χ4n) is 4.92. The van der Waals surface area contributed by atoms with Crippen molar-refractivity contribution in [3.05, 3.63) is 17.8 Å². The molecular weight excluding hydrogens is 390 g/mol. The van der Waals surface area contributed by atoms with Crippen molar-refractivity contribution in [2.75, 3.05) is 13.2 Å². The summed E-state index contributed by atoms with van der Waals surface area (Å²) in [6.07, 6.45) is 13.2. The molecule has 0 radical (unpaired) electrons. The molecule has 6 nitrogen and oxygen atoms in total. The first-order valence-electron chi connectivity index (χ1n) is 12.0. The van der Waals surface area contributed by atoms with Gasteiger partial charge in [0.15, 0.2) is 0 Å². The van der Waals surface area contributed by atoms with Crippen molar-refractivity contribution in [2.45, 2.75) is 79.2 Å². The molecule has 174 valence electrons. The summed E-state index contributed by atoms with van der Waals surface area (Å²) in [5.41, 5.74) is 0.0898. The standard InChI is InChI=1S/C25H41N3O3/c1-17(2)15-31-24-22(14-26-28(24)10-9-25(4,5)16-29)23(30)27-18(3)21-12-19-7-6-8-20(11-19)13-21/h9-10,14,17-21,29H,6-8,11-13,15-16H2,1-5H3,(H,27,30)/b10-9+. The summed E-state index contributed by atoms with van der Waals surface area (Å²) >= 11 is 0. The van der Waals surface area contributed by atoms with E-state index >= 15 is 0 Å². The highest BCUT2D eigenvalue weighted by molar-refractivity contribution is 5.96. The zero-order valence-electron chi connectivity index (χ0n) is 19.9. The number of carbonyl (C=O) groups excluding carboxylic acids is 1. The lowest BCUT2D eigenvalue weighted by Gasteiger charge is -2.41. The Morgan fingerprint density at radius 2 is 1.97 bits per heavy atom. The number of amides is 1. The lowest BCUT2D eigenvalue weighted by Crippen LogP contribution is -2.42. The van der Waals surface area contributed by atoms with E-state index in [9.17, 15) is 9.90 Å². The molecule has 0 saturated heterocycles. The number of hydrogen-bond acceptors (Lipinski definition) is 4. The zero-order chi connectivity index (χ0) is 22.6. The number of aliphatic hydroxyl groups excluding tert-OH is 1. The molecule has 2 bridgehead atoms. The fraction of sp³-hybridized carbons (Fsp3) is 0.760. The Balaban J connectivity index is 1.73. The van der Waals surface area contributed by atoms with E-state index in [-0.39, 0.29) is 24.0 Å². The third-order valence-electron chi connectivity index (χ3n) is 6.85. The zero-order valence-corrected chi connectivity index (χ0v) is 19.9. The second-order valence-electron chi connectivity index (χ2n) is 10.9. The monoisotopic (exact) mass is 431 g/mol. The molecular formula is C25H41N3O3. The number of nitrogens with one attached hydrogen (secondary N) is 1. The highest BCUT2D eigenvalue weighted by Gasteiger charge is 2.35. The second-order valence-corrected chi connectivity index (χ2v) is 10.9. The smallest absolute Gasteiger partial charge is 0.258 e. The van der Waals surface area contributed by atoms with Crippen LogP contribution in [-0.2, 0) is 0 Å². The van der Waals surface area contributed by atoms with Gasteiger partial charge in [0.25, 0.3) is 5.91 Å². The van der Waals surface area contributed by atoms with E-state index in [0.29, 0.717) is 29.9 Å². The van der Waals surface area contributed by atoms with Gasteiger partial charge in [0.1, 0.15) is 5.56 Å². The molecule has 0 aliphatic heterocycles. The van der Waals surface area contributed by atoms with Crippen molar-refractivity contribution in [3.63, 3.8) is 0 Å². The molecule has 0 aromatic carbocycles. The highest BCUT2D eigenvalue weighted by atomic mass is 16.5. The Morgan fingerprint density at radius 3 is 2.58 bits per heavy atom. The Bertz CT molecular complexity index is 756. The number of fused-ring (bicyclic) bond motifs is 2. The number of hydrogen-bond donors (Lipinski definition) is 2. The van der Waals surface area contributed by atoms with Gasteiger partial charge in [-0.25, -0.2) is 4.68 Å². The summed E-state index contributed by atoms with van der Waals surface area (Å²) in [6.45, 7) is 10.7. The number of aliphatic hydroxyl groups is 1. The lowest BCUT2D eigenvalue weighted by atomic mass is 9.66. The molecule has 3 rings (SSSR count). The van der Waals surface area contributed by atoms with Crippen LogP contribution in [0.15, 0.2) is 12.3 Å². The van der Waals surface area contributed by atoms with E-state index in [1.807, 2.05) is 19.9 Å². The number of aromatic nitrogens is 2. The van der Waals surface area contributed by atoms with Gasteiger partial charge in [-0.1, -0.05) is 53.0 Å². The van der Waals surface area contributed by atoms with E-state index < -0.39 is 0 Å². The van der Waals surface area contributed by atoms with Gasteiger partial charge >= 0.3 is 0 Å². The average molecular weight is 432 g/mol. The molecule has 1 heterocycles. The predicted octanol–water partition coefficient (Wildman–Crippen LogP) is 4.74. The maximum atomic E-state index is 13.2. The molecule has 2 fully saturated rings. The highest BCUT2D eigenvalue weighted by Crippen LogP contribution is 2.43. The molecule has 1 amide bonds. The van der Waals surface area contributed by atoms with Crippen molar-refractivity contribution >= 4 is 12.1 Å². The molecule has 31 heavy (non-hydrogen) atoms. The molecule has 6 heteroatoms. The van der Waals surface area contributed by atoms with Crippen LogP contribution in [-0.4, -0.2) is 40.0 Å². The Morgan fingerprint density at radius 1 is 1.29 bits per heavy atom. The third-order valence-corrected chi connectivity index (χ3v) is 6.85. The van der Waals surface area contributed by atoms with Crippen molar-refractivity contribution in [1.29, 1.82) is 0 Å². The van der Waals surface area contributed by atoms with Crippen LogP contribution in [0, 0.1) is 29.1 Å². The number of rotatable bonds is 9. The van der Waals surface area contributed by atoms with E-state index in [1.165, 1.54) is 38.5 Å². The summed E-state index contributed by atoms with van der Waals surface area (Å²) in [4.78, 5) is 13.2. The van der Waals surface area contributed by atoms with Crippen LogP contribution in [0.25, 0.3) is 6.20 Å².